The molecular weight excluding hydrogens is 361 g/mol. The fourth-order valence-corrected chi connectivity index (χ4v) is 2.31. The lowest BCUT2D eigenvalue weighted by Gasteiger charge is -2.11. The second kappa shape index (κ2) is 7.32. The summed E-state index contributed by atoms with van der Waals surface area (Å²) < 4.78 is 40.2. The van der Waals surface area contributed by atoms with Gasteiger partial charge >= 0.3 is 5.97 Å². The van der Waals surface area contributed by atoms with E-state index in [0.717, 1.165) is 12.1 Å². The summed E-state index contributed by atoms with van der Waals surface area (Å²) in [7, 11) is 0. The quantitative estimate of drug-likeness (QED) is 0.574. The maximum Gasteiger partial charge on any atom is 0.335 e. The van der Waals surface area contributed by atoms with Gasteiger partial charge in [-0.15, -0.1) is 0 Å². The minimum absolute atomic E-state index is 0.0446. The van der Waals surface area contributed by atoms with Gasteiger partial charge in [-0.3, -0.25) is 0 Å². The monoisotopic (exact) mass is 374 g/mol. The molecule has 0 unspecified atom stereocenters. The van der Waals surface area contributed by atoms with Gasteiger partial charge in [-0.25, -0.2) is 22.9 Å². The lowest BCUT2D eigenvalue weighted by Crippen LogP contribution is -2.05. The molecule has 0 amide bonds. The molecule has 0 aliphatic rings. The Bertz CT molecular complexity index is 1030. The summed E-state index contributed by atoms with van der Waals surface area (Å²) in [6.45, 7) is 1.66. The van der Waals surface area contributed by atoms with Gasteiger partial charge < -0.3 is 15.7 Å². The van der Waals surface area contributed by atoms with Gasteiger partial charge in [-0.2, -0.15) is 4.98 Å². The number of aryl methyl sites for hydroxylation is 1. The van der Waals surface area contributed by atoms with Crippen molar-refractivity contribution in [3.8, 4) is 0 Å². The van der Waals surface area contributed by atoms with Crippen LogP contribution in [0.5, 0.6) is 0 Å². The molecule has 3 N–H and O–H groups in total. The average molecular weight is 374 g/mol. The first-order valence-corrected chi connectivity index (χ1v) is 7.70. The lowest BCUT2D eigenvalue weighted by atomic mass is 10.2. The van der Waals surface area contributed by atoms with Crippen LogP contribution in [-0.4, -0.2) is 21.0 Å². The molecule has 0 bridgehead atoms. The third-order valence-electron chi connectivity index (χ3n) is 3.52. The van der Waals surface area contributed by atoms with Crippen molar-refractivity contribution >= 4 is 29.1 Å². The number of benzene rings is 2. The van der Waals surface area contributed by atoms with Crippen molar-refractivity contribution in [2.75, 3.05) is 10.6 Å². The van der Waals surface area contributed by atoms with Crippen LogP contribution < -0.4 is 10.6 Å². The Morgan fingerprint density at radius 1 is 1.00 bits per heavy atom. The highest BCUT2D eigenvalue weighted by Crippen LogP contribution is 2.24. The van der Waals surface area contributed by atoms with E-state index in [-0.39, 0.29) is 17.2 Å². The molecule has 3 aromatic rings. The second-order valence-corrected chi connectivity index (χ2v) is 5.58. The number of carbonyl (C=O) groups is 1. The van der Waals surface area contributed by atoms with Gasteiger partial charge in [-0.1, -0.05) is 6.07 Å². The fourth-order valence-electron chi connectivity index (χ4n) is 2.31. The molecule has 3 rings (SSSR count). The van der Waals surface area contributed by atoms with E-state index in [4.69, 9.17) is 5.11 Å². The van der Waals surface area contributed by atoms with Crippen molar-refractivity contribution < 1.29 is 23.1 Å². The van der Waals surface area contributed by atoms with Crippen molar-refractivity contribution in [1.29, 1.82) is 0 Å². The molecule has 0 aliphatic carbocycles. The molecule has 27 heavy (non-hydrogen) atoms. The number of hydrogen-bond acceptors (Lipinski definition) is 5. The van der Waals surface area contributed by atoms with Gasteiger partial charge in [0.15, 0.2) is 17.5 Å². The molecular formula is C18H13F3N4O2. The van der Waals surface area contributed by atoms with Crippen LogP contribution >= 0.6 is 0 Å². The molecule has 9 heteroatoms. The molecule has 1 aromatic heterocycles. The second-order valence-electron chi connectivity index (χ2n) is 5.58. The summed E-state index contributed by atoms with van der Waals surface area (Å²) in [6, 6.07) is 9.47. The van der Waals surface area contributed by atoms with Crippen LogP contribution in [0.1, 0.15) is 16.1 Å². The Hall–Kier alpha value is -3.62. The topological polar surface area (TPSA) is 87.1 Å². The molecule has 0 saturated heterocycles. The smallest absolute Gasteiger partial charge is 0.335 e. The zero-order valence-electron chi connectivity index (χ0n) is 13.9. The molecule has 138 valence electrons. The normalized spacial score (nSPS) is 10.5. The molecule has 1 heterocycles. The first kappa shape index (κ1) is 18.2. The van der Waals surface area contributed by atoms with Crippen LogP contribution in [0.2, 0.25) is 0 Å². The number of anilines is 4. The Labute approximate surface area is 151 Å². The van der Waals surface area contributed by atoms with E-state index in [1.165, 1.54) is 12.1 Å². The first-order valence-electron chi connectivity index (χ1n) is 7.70. The largest absolute Gasteiger partial charge is 0.478 e. The van der Waals surface area contributed by atoms with Crippen molar-refractivity contribution in [2.45, 2.75) is 6.92 Å². The van der Waals surface area contributed by atoms with Gasteiger partial charge in [0, 0.05) is 17.4 Å². The first-order chi connectivity index (χ1) is 12.8. The van der Waals surface area contributed by atoms with Crippen LogP contribution in [0, 0.1) is 24.4 Å². The Kier molecular flexibility index (Phi) is 4.93. The van der Waals surface area contributed by atoms with E-state index in [0.29, 0.717) is 17.2 Å². The number of halogens is 3. The van der Waals surface area contributed by atoms with Gasteiger partial charge in [0.1, 0.15) is 5.82 Å². The molecule has 0 saturated carbocycles. The third kappa shape index (κ3) is 4.14. The van der Waals surface area contributed by atoms with E-state index in [2.05, 4.69) is 20.6 Å². The molecule has 0 atom stereocenters. The van der Waals surface area contributed by atoms with Crippen LogP contribution in [0.15, 0.2) is 42.5 Å². The van der Waals surface area contributed by atoms with Crippen molar-refractivity contribution in [3.05, 3.63) is 71.2 Å². The van der Waals surface area contributed by atoms with Gasteiger partial charge in [0.2, 0.25) is 5.95 Å². The Balaban J connectivity index is 1.88. The highest BCUT2D eigenvalue weighted by Gasteiger charge is 2.14. The maximum absolute atomic E-state index is 13.8. The van der Waals surface area contributed by atoms with E-state index in [9.17, 15) is 18.0 Å². The average Bonchev–Trinajstić information content (AvgIpc) is 2.62. The number of nitrogens with zero attached hydrogens (tertiary/aromatic N) is 2. The maximum atomic E-state index is 13.8. The fraction of sp³-hybridized carbons (Fsp3) is 0.0556. The number of aromatic carboxylic acids is 1. The number of carboxylic acids is 1. The zero-order chi connectivity index (χ0) is 19.6. The van der Waals surface area contributed by atoms with E-state index in [1.807, 2.05) is 0 Å². The highest BCUT2D eigenvalue weighted by molar-refractivity contribution is 5.89. The summed E-state index contributed by atoms with van der Waals surface area (Å²) in [5, 5.41) is 14.5. The number of nitrogens with one attached hydrogen (secondary N) is 2. The zero-order valence-corrected chi connectivity index (χ0v) is 13.9. The summed E-state index contributed by atoms with van der Waals surface area (Å²) in [5.74, 6) is -5.11. The number of carboxylic acid groups (broad SMARTS) is 1. The van der Waals surface area contributed by atoms with Crippen LogP contribution in [0.3, 0.4) is 0 Å². The lowest BCUT2D eigenvalue weighted by molar-refractivity contribution is 0.0697. The number of hydrogen-bond donors (Lipinski definition) is 3. The Morgan fingerprint density at radius 3 is 2.52 bits per heavy atom. The van der Waals surface area contributed by atoms with Crippen molar-refractivity contribution in [1.82, 2.24) is 9.97 Å². The van der Waals surface area contributed by atoms with Gasteiger partial charge in [0.05, 0.1) is 11.3 Å². The van der Waals surface area contributed by atoms with Crippen molar-refractivity contribution in [3.63, 3.8) is 0 Å². The molecule has 0 aliphatic heterocycles. The highest BCUT2D eigenvalue weighted by atomic mass is 19.2. The molecule has 0 fully saturated rings. The summed E-state index contributed by atoms with van der Waals surface area (Å²) >= 11 is 0. The predicted octanol–water partition coefficient (Wildman–Crippen LogP) is 4.39. The summed E-state index contributed by atoms with van der Waals surface area (Å²) in [5.41, 5.74) is 0.747. The minimum atomic E-state index is -1.60. The molecule has 0 spiro atoms. The van der Waals surface area contributed by atoms with Gasteiger partial charge in [0.25, 0.3) is 0 Å². The SMILES string of the molecule is Cc1cc(Nc2cccc(C(=O)O)c2)nc(Nc2ccc(F)c(F)c2F)n1. The molecule has 6 nitrogen and oxygen atoms in total. The predicted molar refractivity (Wildman–Crippen MR) is 93.1 cm³/mol. The summed E-state index contributed by atoms with van der Waals surface area (Å²) in [4.78, 5) is 19.2. The molecule has 0 radical (unpaired) electrons. The number of rotatable bonds is 5. The molecule has 2 aromatic carbocycles. The summed E-state index contributed by atoms with van der Waals surface area (Å²) in [6.07, 6.45) is 0. The number of aromatic nitrogens is 2. The van der Waals surface area contributed by atoms with E-state index < -0.39 is 23.4 Å². The van der Waals surface area contributed by atoms with E-state index >= 15 is 0 Å². The van der Waals surface area contributed by atoms with Crippen LogP contribution in [0.25, 0.3) is 0 Å². The third-order valence-corrected chi connectivity index (χ3v) is 3.52. The minimum Gasteiger partial charge on any atom is -0.478 e. The van der Waals surface area contributed by atoms with E-state index in [1.54, 1.807) is 25.1 Å². The van der Waals surface area contributed by atoms with Gasteiger partial charge in [-0.05, 0) is 37.3 Å². The van der Waals surface area contributed by atoms with Crippen LogP contribution in [0.4, 0.5) is 36.3 Å². The van der Waals surface area contributed by atoms with Crippen LogP contribution in [-0.2, 0) is 0 Å². The van der Waals surface area contributed by atoms with Crippen molar-refractivity contribution in [2.24, 2.45) is 0 Å². The Morgan fingerprint density at radius 2 is 1.78 bits per heavy atom. The standard InChI is InChI=1S/C18H13F3N4O2/c1-9-7-14(23-11-4-2-3-10(8-11)17(26)27)25-18(22-9)24-13-6-5-12(19)15(20)16(13)21/h2-8H,1H3,(H,26,27)(H2,22,23,24,25).